The van der Waals surface area contributed by atoms with E-state index in [1.54, 1.807) is 21.3 Å². The van der Waals surface area contributed by atoms with E-state index in [1.165, 1.54) is 11.1 Å². The second kappa shape index (κ2) is 12.9. The van der Waals surface area contributed by atoms with Crippen molar-refractivity contribution < 1.29 is 14.2 Å². The van der Waals surface area contributed by atoms with Gasteiger partial charge in [-0.1, -0.05) is 24.3 Å². The first-order chi connectivity index (χ1) is 15.0. The van der Waals surface area contributed by atoms with Gasteiger partial charge in [0.15, 0.2) is 17.5 Å². The Hall–Kier alpha value is -2.04. The van der Waals surface area contributed by atoms with Crippen LogP contribution in [-0.4, -0.2) is 57.4 Å². The highest BCUT2D eigenvalue weighted by Gasteiger charge is 2.22. The summed E-state index contributed by atoms with van der Waals surface area (Å²) in [6.07, 6.45) is 0.525. The average molecular weight is 554 g/mol. The minimum Gasteiger partial charge on any atom is -0.493 e. The number of rotatable bonds is 7. The molecule has 32 heavy (non-hydrogen) atoms. The Bertz CT molecular complexity index is 883. The fourth-order valence-electron chi connectivity index (χ4n) is 3.95. The van der Waals surface area contributed by atoms with E-state index < -0.39 is 0 Å². The predicted molar refractivity (Wildman–Crippen MR) is 141 cm³/mol. The highest BCUT2D eigenvalue weighted by Crippen LogP contribution is 2.29. The molecule has 0 aliphatic carbocycles. The third-order valence-electron chi connectivity index (χ3n) is 5.32. The summed E-state index contributed by atoms with van der Waals surface area (Å²) in [7, 11) is 5.02. The average Bonchev–Trinajstić information content (AvgIpc) is 2.76. The standard InChI is InChI=1S/C24H34N4O3.HI/c1-17-14-28(15-18(2)31-17)16-20-9-7-6-8-19(20)13-26-24(25-3)27-21-10-11-22(29-4)23(12-21)30-5;/h6-12,17-18H,13-16H2,1-5H3,(H2,25,26,27);1H. The summed E-state index contributed by atoms with van der Waals surface area (Å²) < 4.78 is 16.6. The van der Waals surface area contributed by atoms with Crippen LogP contribution in [0.3, 0.4) is 0 Å². The number of methoxy groups -OCH3 is 2. The predicted octanol–water partition coefficient (Wildman–Crippen LogP) is 4.12. The molecule has 7 nitrogen and oxygen atoms in total. The monoisotopic (exact) mass is 554 g/mol. The van der Waals surface area contributed by atoms with Crippen LogP contribution in [0.4, 0.5) is 5.69 Å². The number of halogens is 1. The maximum atomic E-state index is 5.87. The fourth-order valence-corrected chi connectivity index (χ4v) is 3.95. The first kappa shape index (κ1) is 26.2. The second-order valence-electron chi connectivity index (χ2n) is 7.84. The summed E-state index contributed by atoms with van der Waals surface area (Å²) >= 11 is 0. The van der Waals surface area contributed by atoms with E-state index in [9.17, 15) is 0 Å². The lowest BCUT2D eigenvalue weighted by Gasteiger charge is -2.35. The molecule has 8 heteroatoms. The van der Waals surface area contributed by atoms with Crippen LogP contribution in [0.25, 0.3) is 0 Å². The zero-order valence-electron chi connectivity index (χ0n) is 19.6. The van der Waals surface area contributed by atoms with E-state index in [4.69, 9.17) is 14.2 Å². The molecular weight excluding hydrogens is 519 g/mol. The molecule has 1 aliphatic heterocycles. The highest BCUT2D eigenvalue weighted by atomic mass is 127. The molecule has 2 atom stereocenters. The van der Waals surface area contributed by atoms with Gasteiger partial charge in [0.2, 0.25) is 0 Å². The van der Waals surface area contributed by atoms with E-state index >= 15 is 0 Å². The molecule has 3 rings (SSSR count). The molecule has 0 aromatic heterocycles. The molecule has 2 aromatic rings. The zero-order valence-corrected chi connectivity index (χ0v) is 21.9. The Morgan fingerprint density at radius 2 is 1.69 bits per heavy atom. The molecule has 1 fully saturated rings. The Morgan fingerprint density at radius 3 is 2.31 bits per heavy atom. The van der Waals surface area contributed by atoms with Gasteiger partial charge in [0, 0.05) is 45.0 Å². The Labute approximate surface area is 208 Å². The van der Waals surface area contributed by atoms with Crippen molar-refractivity contribution in [2.75, 3.05) is 39.7 Å². The smallest absolute Gasteiger partial charge is 0.195 e. The summed E-state index contributed by atoms with van der Waals surface area (Å²) in [6.45, 7) is 7.78. The molecule has 0 bridgehead atoms. The largest absolute Gasteiger partial charge is 0.493 e. The molecule has 0 spiro atoms. The van der Waals surface area contributed by atoms with Crippen LogP contribution in [0.5, 0.6) is 11.5 Å². The van der Waals surface area contributed by atoms with Crippen LogP contribution < -0.4 is 20.1 Å². The number of nitrogens with one attached hydrogen (secondary N) is 2. The number of ether oxygens (including phenoxy) is 3. The van der Waals surface area contributed by atoms with Crippen LogP contribution in [0.2, 0.25) is 0 Å². The van der Waals surface area contributed by atoms with E-state index in [0.717, 1.165) is 25.3 Å². The van der Waals surface area contributed by atoms with Crippen LogP contribution in [-0.2, 0) is 17.8 Å². The minimum atomic E-state index is 0. The Balaban J connectivity index is 0.00000363. The van der Waals surface area contributed by atoms with Gasteiger partial charge in [-0.2, -0.15) is 0 Å². The summed E-state index contributed by atoms with van der Waals surface area (Å²) in [6, 6.07) is 14.2. The SMILES string of the molecule is CN=C(NCc1ccccc1CN1CC(C)OC(C)C1)Nc1ccc(OC)c(OC)c1.I. The van der Waals surface area contributed by atoms with Crippen molar-refractivity contribution in [1.29, 1.82) is 0 Å². The molecule has 176 valence electrons. The van der Waals surface area contributed by atoms with Gasteiger partial charge >= 0.3 is 0 Å². The van der Waals surface area contributed by atoms with Crippen molar-refractivity contribution in [3.63, 3.8) is 0 Å². The van der Waals surface area contributed by atoms with Crippen molar-refractivity contribution in [3.05, 3.63) is 53.6 Å². The van der Waals surface area contributed by atoms with Crippen LogP contribution in [0, 0.1) is 0 Å². The Morgan fingerprint density at radius 1 is 1.03 bits per heavy atom. The first-order valence-corrected chi connectivity index (χ1v) is 10.7. The number of guanidine groups is 1. The number of aliphatic imine (C=N–C) groups is 1. The van der Waals surface area contributed by atoms with Gasteiger partial charge in [0.25, 0.3) is 0 Å². The molecule has 1 aliphatic rings. The number of nitrogens with zero attached hydrogens (tertiary/aromatic N) is 2. The normalized spacial score (nSPS) is 19.1. The minimum absolute atomic E-state index is 0. The third kappa shape index (κ3) is 7.25. The van der Waals surface area contributed by atoms with Crippen LogP contribution in [0.1, 0.15) is 25.0 Å². The first-order valence-electron chi connectivity index (χ1n) is 10.7. The number of hydrogen-bond donors (Lipinski definition) is 2. The van der Waals surface area contributed by atoms with Gasteiger partial charge in [-0.3, -0.25) is 9.89 Å². The summed E-state index contributed by atoms with van der Waals surface area (Å²) in [5.41, 5.74) is 3.44. The summed E-state index contributed by atoms with van der Waals surface area (Å²) in [5, 5.41) is 6.73. The number of benzene rings is 2. The number of anilines is 1. The van der Waals surface area contributed by atoms with E-state index in [2.05, 4.69) is 58.6 Å². The molecular formula is C24H35IN4O3. The molecule has 1 heterocycles. The maximum absolute atomic E-state index is 5.87. The lowest BCUT2D eigenvalue weighted by Crippen LogP contribution is -2.45. The van der Waals surface area contributed by atoms with E-state index in [-0.39, 0.29) is 36.2 Å². The fraction of sp³-hybridized carbons (Fsp3) is 0.458. The van der Waals surface area contributed by atoms with Crippen molar-refractivity contribution in [2.24, 2.45) is 4.99 Å². The van der Waals surface area contributed by atoms with Gasteiger partial charge < -0.3 is 24.8 Å². The molecule has 2 aromatic carbocycles. The lowest BCUT2D eigenvalue weighted by molar-refractivity contribution is -0.0705. The third-order valence-corrected chi connectivity index (χ3v) is 5.32. The van der Waals surface area contributed by atoms with Crippen molar-refractivity contribution >= 4 is 35.6 Å². The number of hydrogen-bond acceptors (Lipinski definition) is 5. The van der Waals surface area contributed by atoms with Crippen LogP contribution >= 0.6 is 24.0 Å². The summed E-state index contributed by atoms with van der Waals surface area (Å²) in [5.74, 6) is 2.05. The quantitative estimate of drug-likeness (QED) is 0.305. The molecule has 0 saturated carbocycles. The Kier molecular flexibility index (Phi) is 10.5. The van der Waals surface area contributed by atoms with Gasteiger partial charge in [0.05, 0.1) is 26.4 Å². The topological polar surface area (TPSA) is 67.4 Å². The maximum Gasteiger partial charge on any atom is 0.195 e. The highest BCUT2D eigenvalue weighted by molar-refractivity contribution is 14.0. The van der Waals surface area contributed by atoms with Gasteiger partial charge in [-0.15, -0.1) is 24.0 Å². The molecule has 2 unspecified atom stereocenters. The van der Waals surface area contributed by atoms with Gasteiger partial charge in [0.1, 0.15) is 0 Å². The van der Waals surface area contributed by atoms with Crippen molar-refractivity contribution in [3.8, 4) is 11.5 Å². The molecule has 1 saturated heterocycles. The number of morpholine rings is 1. The lowest BCUT2D eigenvalue weighted by atomic mass is 10.1. The summed E-state index contributed by atoms with van der Waals surface area (Å²) in [4.78, 5) is 6.82. The molecule has 2 N–H and O–H groups in total. The van der Waals surface area contributed by atoms with Crippen LogP contribution in [0.15, 0.2) is 47.5 Å². The van der Waals surface area contributed by atoms with Gasteiger partial charge in [-0.25, -0.2) is 0 Å². The van der Waals surface area contributed by atoms with E-state index in [0.29, 0.717) is 24.0 Å². The van der Waals surface area contributed by atoms with Gasteiger partial charge in [-0.05, 0) is 37.1 Å². The molecule has 0 amide bonds. The molecule has 0 radical (unpaired) electrons. The second-order valence-corrected chi connectivity index (χ2v) is 7.84. The zero-order chi connectivity index (χ0) is 22.2. The van der Waals surface area contributed by atoms with Crippen molar-refractivity contribution in [1.82, 2.24) is 10.2 Å². The van der Waals surface area contributed by atoms with E-state index in [1.807, 2.05) is 18.2 Å². The van der Waals surface area contributed by atoms with Crippen molar-refractivity contribution in [2.45, 2.75) is 39.1 Å².